The molecule has 1 aromatic rings. The van der Waals surface area contributed by atoms with Crippen molar-refractivity contribution in [2.75, 3.05) is 13.2 Å². The monoisotopic (exact) mass is 248 g/mol. The number of rotatable bonds is 2. The van der Waals surface area contributed by atoms with Crippen molar-refractivity contribution in [1.29, 1.82) is 0 Å². The maximum atomic E-state index is 11.6. The fourth-order valence-corrected chi connectivity index (χ4v) is 1.73. The Morgan fingerprint density at radius 2 is 2.50 bits per heavy atom. The van der Waals surface area contributed by atoms with E-state index in [2.05, 4.69) is 22.3 Å². The van der Waals surface area contributed by atoms with E-state index < -0.39 is 0 Å². The van der Waals surface area contributed by atoms with Gasteiger partial charge in [-0.2, -0.15) is 0 Å². The van der Waals surface area contributed by atoms with Crippen LogP contribution in [0.2, 0.25) is 0 Å². The van der Waals surface area contributed by atoms with Crippen molar-refractivity contribution in [3.63, 3.8) is 0 Å². The molecule has 1 aromatic heterocycles. The number of carbonyl (C=O) groups excluding carboxylic acids is 1. The van der Waals surface area contributed by atoms with E-state index in [-0.39, 0.29) is 12.0 Å². The molecule has 1 aliphatic heterocycles. The number of nitrogens with zero attached hydrogens (tertiary/aromatic N) is 1. The zero-order chi connectivity index (χ0) is 12.8. The van der Waals surface area contributed by atoms with Gasteiger partial charge in [0.15, 0.2) is 5.69 Å². The Morgan fingerprint density at radius 3 is 3.17 bits per heavy atom. The second-order valence-electron chi connectivity index (χ2n) is 4.21. The van der Waals surface area contributed by atoms with Crippen LogP contribution in [0.1, 0.15) is 35.3 Å². The van der Waals surface area contributed by atoms with Crippen LogP contribution in [0.15, 0.2) is 10.8 Å². The summed E-state index contributed by atoms with van der Waals surface area (Å²) in [6, 6.07) is 0. The Hall–Kier alpha value is -1.80. The lowest BCUT2D eigenvalue weighted by Gasteiger charge is -2.17. The topological polar surface area (TPSA) is 64.4 Å². The van der Waals surface area contributed by atoms with Gasteiger partial charge in [-0.3, -0.25) is 4.79 Å². The Bertz CT molecular complexity index is 464. The molecule has 0 saturated carbocycles. The van der Waals surface area contributed by atoms with Crippen molar-refractivity contribution in [3.05, 3.63) is 17.5 Å². The van der Waals surface area contributed by atoms with E-state index >= 15 is 0 Å². The number of aromatic nitrogens is 1. The van der Waals surface area contributed by atoms with Crippen LogP contribution in [-0.2, 0) is 4.74 Å². The molecule has 1 N–H and O–H groups in total. The van der Waals surface area contributed by atoms with Crippen LogP contribution in [0.5, 0.6) is 0 Å². The molecule has 2 heterocycles. The minimum atomic E-state index is -0.264. The summed E-state index contributed by atoms with van der Waals surface area (Å²) in [6.45, 7) is 2.85. The molecule has 2 rings (SSSR count). The number of nitrogens with one attached hydrogen (secondary N) is 1. The summed E-state index contributed by atoms with van der Waals surface area (Å²) < 4.78 is 10.2. The van der Waals surface area contributed by atoms with Crippen LogP contribution in [0, 0.1) is 18.8 Å². The quantitative estimate of drug-likeness (QED) is 0.801. The number of hydrogen-bond acceptors (Lipinski definition) is 4. The molecule has 1 saturated heterocycles. The highest BCUT2D eigenvalue weighted by Gasteiger charge is 2.12. The highest BCUT2D eigenvalue weighted by atomic mass is 16.5. The Labute approximate surface area is 106 Å². The predicted molar refractivity (Wildman–Crippen MR) is 64.9 cm³/mol. The largest absolute Gasteiger partial charge is 0.366 e. The van der Waals surface area contributed by atoms with Gasteiger partial charge in [0.1, 0.15) is 12.4 Å². The van der Waals surface area contributed by atoms with Gasteiger partial charge in [-0.1, -0.05) is 17.0 Å². The summed E-state index contributed by atoms with van der Waals surface area (Å²) in [5.41, 5.74) is 1.03. The SMILES string of the molecule is Cc1conc1C(=O)NCC#CC1CCCCO1. The van der Waals surface area contributed by atoms with E-state index in [9.17, 15) is 4.79 Å². The normalized spacial score (nSPS) is 18.8. The third-order valence-corrected chi connectivity index (χ3v) is 2.74. The number of ether oxygens (including phenoxy) is 1. The van der Waals surface area contributed by atoms with Crippen LogP contribution < -0.4 is 5.32 Å². The van der Waals surface area contributed by atoms with Crippen molar-refractivity contribution < 1.29 is 14.1 Å². The first-order chi connectivity index (χ1) is 8.77. The lowest BCUT2D eigenvalue weighted by atomic mass is 10.1. The van der Waals surface area contributed by atoms with Gasteiger partial charge in [0.2, 0.25) is 0 Å². The first-order valence-electron chi connectivity index (χ1n) is 6.06. The van der Waals surface area contributed by atoms with Gasteiger partial charge >= 0.3 is 0 Å². The van der Waals surface area contributed by atoms with E-state index in [0.29, 0.717) is 12.2 Å². The van der Waals surface area contributed by atoms with E-state index in [1.54, 1.807) is 6.92 Å². The molecule has 5 heteroatoms. The summed E-state index contributed by atoms with van der Waals surface area (Å²) in [4.78, 5) is 11.6. The maximum Gasteiger partial charge on any atom is 0.274 e. The molecular formula is C13H16N2O3. The number of hydrogen-bond donors (Lipinski definition) is 1. The summed E-state index contributed by atoms with van der Waals surface area (Å²) in [6.07, 6.45) is 4.70. The molecular weight excluding hydrogens is 232 g/mol. The standard InChI is InChI=1S/C13H16N2O3/c1-10-9-18-15-12(10)13(16)14-7-4-6-11-5-2-3-8-17-11/h9,11H,2-3,5,7-8H2,1H3,(H,14,16). The number of amides is 1. The highest BCUT2D eigenvalue weighted by Crippen LogP contribution is 2.11. The molecule has 0 aromatic carbocycles. The molecule has 18 heavy (non-hydrogen) atoms. The molecule has 1 fully saturated rings. The molecule has 1 aliphatic rings. The Morgan fingerprint density at radius 1 is 1.61 bits per heavy atom. The number of aryl methyl sites for hydroxylation is 1. The molecule has 96 valence electrons. The van der Waals surface area contributed by atoms with E-state index in [4.69, 9.17) is 9.26 Å². The number of carbonyl (C=O) groups is 1. The third kappa shape index (κ3) is 3.34. The van der Waals surface area contributed by atoms with Gasteiger partial charge in [-0.15, -0.1) is 0 Å². The van der Waals surface area contributed by atoms with Crippen LogP contribution in [0.4, 0.5) is 0 Å². The van der Waals surface area contributed by atoms with Crippen LogP contribution in [0.3, 0.4) is 0 Å². The second kappa shape index (κ2) is 6.22. The average Bonchev–Trinajstić information content (AvgIpc) is 2.82. The molecule has 0 bridgehead atoms. The van der Waals surface area contributed by atoms with Crippen molar-refractivity contribution in [2.45, 2.75) is 32.3 Å². The first kappa shape index (κ1) is 12.7. The summed E-state index contributed by atoms with van der Waals surface area (Å²) in [5, 5.41) is 6.30. The smallest absolute Gasteiger partial charge is 0.274 e. The van der Waals surface area contributed by atoms with E-state index in [0.717, 1.165) is 31.4 Å². The van der Waals surface area contributed by atoms with Crippen LogP contribution in [0.25, 0.3) is 0 Å². The van der Waals surface area contributed by atoms with Crippen LogP contribution >= 0.6 is 0 Å². The molecule has 1 amide bonds. The fraction of sp³-hybridized carbons (Fsp3) is 0.538. The van der Waals surface area contributed by atoms with Gasteiger partial charge in [-0.05, 0) is 26.2 Å². The summed E-state index contributed by atoms with van der Waals surface area (Å²) >= 11 is 0. The van der Waals surface area contributed by atoms with Gasteiger partial charge in [0.25, 0.3) is 5.91 Å². The zero-order valence-corrected chi connectivity index (χ0v) is 10.4. The molecule has 5 nitrogen and oxygen atoms in total. The maximum absolute atomic E-state index is 11.6. The van der Waals surface area contributed by atoms with Crippen LogP contribution in [-0.4, -0.2) is 30.3 Å². The predicted octanol–water partition coefficient (Wildman–Crippen LogP) is 1.29. The molecule has 1 atom stereocenters. The Kier molecular flexibility index (Phi) is 4.37. The highest BCUT2D eigenvalue weighted by molar-refractivity contribution is 5.93. The van der Waals surface area contributed by atoms with E-state index in [1.165, 1.54) is 6.26 Å². The lowest BCUT2D eigenvalue weighted by molar-refractivity contribution is 0.0525. The van der Waals surface area contributed by atoms with E-state index in [1.807, 2.05) is 0 Å². The van der Waals surface area contributed by atoms with Crippen molar-refractivity contribution in [3.8, 4) is 11.8 Å². The van der Waals surface area contributed by atoms with Crippen molar-refractivity contribution >= 4 is 5.91 Å². The molecule has 0 radical (unpaired) electrons. The van der Waals surface area contributed by atoms with Gasteiger partial charge in [-0.25, -0.2) is 0 Å². The first-order valence-corrected chi connectivity index (χ1v) is 6.06. The average molecular weight is 248 g/mol. The van der Waals surface area contributed by atoms with Gasteiger partial charge < -0.3 is 14.6 Å². The fourth-order valence-electron chi connectivity index (χ4n) is 1.73. The minimum absolute atomic E-state index is 0.0180. The van der Waals surface area contributed by atoms with Gasteiger partial charge in [0.05, 0.1) is 6.54 Å². The second-order valence-corrected chi connectivity index (χ2v) is 4.21. The van der Waals surface area contributed by atoms with Crippen molar-refractivity contribution in [2.24, 2.45) is 0 Å². The Balaban J connectivity index is 1.77. The summed E-state index contributed by atoms with van der Waals surface area (Å²) in [7, 11) is 0. The zero-order valence-electron chi connectivity index (χ0n) is 10.4. The third-order valence-electron chi connectivity index (χ3n) is 2.74. The van der Waals surface area contributed by atoms with Crippen molar-refractivity contribution in [1.82, 2.24) is 10.5 Å². The molecule has 1 unspecified atom stereocenters. The molecule has 0 spiro atoms. The lowest BCUT2D eigenvalue weighted by Crippen LogP contribution is -2.25. The minimum Gasteiger partial charge on any atom is -0.366 e. The summed E-state index contributed by atoms with van der Waals surface area (Å²) in [5.74, 6) is 5.64. The molecule has 0 aliphatic carbocycles. The van der Waals surface area contributed by atoms with Gasteiger partial charge in [0, 0.05) is 12.2 Å².